The highest BCUT2D eigenvalue weighted by atomic mass is 32.2. The number of pyridine rings is 1. The van der Waals surface area contributed by atoms with Crippen molar-refractivity contribution in [3.63, 3.8) is 0 Å². The van der Waals surface area contributed by atoms with E-state index in [1.165, 1.54) is 34.2 Å². The van der Waals surface area contributed by atoms with Gasteiger partial charge in [-0.3, -0.25) is 10.1 Å². The third-order valence-corrected chi connectivity index (χ3v) is 5.39. The summed E-state index contributed by atoms with van der Waals surface area (Å²) in [6.07, 6.45) is 3.45. The minimum Gasteiger partial charge on any atom is -0.298 e. The molecule has 0 unspecified atom stereocenters. The molecule has 2 aromatic heterocycles. The fourth-order valence-electron chi connectivity index (χ4n) is 2.11. The van der Waals surface area contributed by atoms with E-state index in [4.69, 9.17) is 0 Å². The summed E-state index contributed by atoms with van der Waals surface area (Å²) < 4.78 is 0. The maximum atomic E-state index is 12.6. The van der Waals surface area contributed by atoms with Gasteiger partial charge in [-0.2, -0.15) is 0 Å². The summed E-state index contributed by atoms with van der Waals surface area (Å²) in [7, 11) is 0. The number of nitrogens with one attached hydrogen (secondary N) is 1. The lowest BCUT2D eigenvalue weighted by molar-refractivity contribution is 0.102. The molecule has 6 heteroatoms. The second-order valence-electron chi connectivity index (χ2n) is 5.43. The number of benzene rings is 1. The van der Waals surface area contributed by atoms with Crippen LogP contribution in [0.3, 0.4) is 0 Å². The number of hydrogen-bond acceptors (Lipinski definition) is 5. The van der Waals surface area contributed by atoms with Gasteiger partial charge in [0.05, 0.1) is 5.56 Å². The van der Waals surface area contributed by atoms with Gasteiger partial charge in [0, 0.05) is 22.2 Å². The smallest absolute Gasteiger partial charge is 0.260 e. The molecule has 24 heavy (non-hydrogen) atoms. The number of nitrogens with zero attached hydrogens (tertiary/aromatic N) is 2. The molecule has 1 amide bonds. The minimum atomic E-state index is -0.191. The van der Waals surface area contributed by atoms with E-state index in [1.54, 1.807) is 24.5 Å². The zero-order chi connectivity index (χ0) is 17.1. The predicted molar refractivity (Wildman–Crippen MR) is 99.1 cm³/mol. The molecular formula is C18H17N3OS2. The van der Waals surface area contributed by atoms with Gasteiger partial charge in [0.1, 0.15) is 5.03 Å². The number of carbonyl (C=O) groups is 1. The Hall–Kier alpha value is -2.18. The maximum absolute atomic E-state index is 12.6. The number of thiazole rings is 1. The van der Waals surface area contributed by atoms with Crippen molar-refractivity contribution >= 4 is 34.1 Å². The van der Waals surface area contributed by atoms with E-state index >= 15 is 0 Å². The minimum absolute atomic E-state index is 0.191. The zero-order valence-corrected chi connectivity index (χ0v) is 15.3. The van der Waals surface area contributed by atoms with Crippen LogP contribution >= 0.6 is 23.1 Å². The normalized spacial score (nSPS) is 10.6. The number of amides is 1. The molecule has 0 aliphatic rings. The van der Waals surface area contributed by atoms with Gasteiger partial charge in [-0.15, -0.1) is 11.3 Å². The molecular weight excluding hydrogens is 338 g/mol. The standard InChI is InChI=1S/C18H17N3OS2/c1-11-6-7-14(9-12(11)2)24-17-15(5-4-8-19-17)16(22)21-18-20-10-13(3)23-18/h4-10H,1-3H3,(H,20,21,22). The molecule has 0 atom stereocenters. The van der Waals surface area contributed by atoms with Gasteiger partial charge in [0.25, 0.3) is 5.91 Å². The summed E-state index contributed by atoms with van der Waals surface area (Å²) in [4.78, 5) is 23.2. The quantitative estimate of drug-likeness (QED) is 0.725. The number of carbonyl (C=O) groups excluding carboxylic acids is 1. The monoisotopic (exact) mass is 355 g/mol. The molecule has 0 radical (unpaired) electrons. The van der Waals surface area contributed by atoms with Gasteiger partial charge < -0.3 is 0 Å². The summed E-state index contributed by atoms with van der Waals surface area (Å²) in [6.45, 7) is 6.12. The largest absolute Gasteiger partial charge is 0.298 e. The van der Waals surface area contributed by atoms with Gasteiger partial charge in [-0.1, -0.05) is 17.8 Å². The van der Waals surface area contributed by atoms with Crippen LogP contribution in [0.5, 0.6) is 0 Å². The Balaban J connectivity index is 1.84. The summed E-state index contributed by atoms with van der Waals surface area (Å²) in [5.74, 6) is -0.191. The number of anilines is 1. The van der Waals surface area contributed by atoms with E-state index in [0.717, 1.165) is 9.77 Å². The molecule has 4 nitrogen and oxygen atoms in total. The SMILES string of the molecule is Cc1cnc(NC(=O)c2cccnc2Sc2ccc(C)c(C)c2)s1. The van der Waals surface area contributed by atoms with Crippen LogP contribution in [-0.4, -0.2) is 15.9 Å². The lowest BCUT2D eigenvalue weighted by atomic mass is 10.1. The third kappa shape index (κ3) is 3.83. The lowest BCUT2D eigenvalue weighted by Crippen LogP contribution is -2.13. The fraction of sp³-hybridized carbons (Fsp3) is 0.167. The first-order valence-electron chi connectivity index (χ1n) is 7.47. The van der Waals surface area contributed by atoms with E-state index < -0.39 is 0 Å². The van der Waals surface area contributed by atoms with Crippen LogP contribution in [0, 0.1) is 20.8 Å². The Kier molecular flexibility index (Phi) is 4.97. The van der Waals surface area contributed by atoms with Crippen molar-refractivity contribution in [1.82, 2.24) is 9.97 Å². The average Bonchev–Trinajstić information content (AvgIpc) is 2.96. The summed E-state index contributed by atoms with van der Waals surface area (Å²) in [6, 6.07) is 9.80. The van der Waals surface area contributed by atoms with Crippen LogP contribution in [0.1, 0.15) is 26.4 Å². The molecule has 0 spiro atoms. The van der Waals surface area contributed by atoms with Crippen LogP contribution in [0.15, 0.2) is 52.6 Å². The molecule has 3 rings (SSSR count). The molecule has 0 bridgehead atoms. The van der Waals surface area contributed by atoms with Crippen molar-refractivity contribution in [2.45, 2.75) is 30.7 Å². The highest BCUT2D eigenvalue weighted by molar-refractivity contribution is 7.99. The molecule has 0 fully saturated rings. The van der Waals surface area contributed by atoms with Gasteiger partial charge in [0.15, 0.2) is 5.13 Å². The molecule has 0 aliphatic heterocycles. The Bertz CT molecular complexity index is 889. The fourth-order valence-corrected chi connectivity index (χ4v) is 3.75. The molecule has 0 saturated carbocycles. The van der Waals surface area contributed by atoms with E-state index in [9.17, 15) is 4.79 Å². The van der Waals surface area contributed by atoms with Crippen LogP contribution in [-0.2, 0) is 0 Å². The summed E-state index contributed by atoms with van der Waals surface area (Å²) in [5.41, 5.74) is 3.02. The van der Waals surface area contributed by atoms with Gasteiger partial charge >= 0.3 is 0 Å². The Morgan fingerprint density at radius 1 is 1.12 bits per heavy atom. The van der Waals surface area contributed by atoms with Crippen molar-refractivity contribution in [3.05, 3.63) is 64.3 Å². The number of aryl methyl sites for hydroxylation is 3. The molecule has 0 saturated heterocycles. The molecule has 1 aromatic carbocycles. The van der Waals surface area contributed by atoms with Crippen molar-refractivity contribution in [1.29, 1.82) is 0 Å². The number of hydrogen-bond donors (Lipinski definition) is 1. The van der Waals surface area contributed by atoms with E-state index in [1.807, 2.05) is 13.0 Å². The second kappa shape index (κ2) is 7.15. The Labute approximate surface area is 149 Å². The second-order valence-corrected chi connectivity index (χ2v) is 7.73. The lowest BCUT2D eigenvalue weighted by Gasteiger charge is -2.09. The van der Waals surface area contributed by atoms with Crippen LogP contribution in [0.4, 0.5) is 5.13 Å². The third-order valence-electron chi connectivity index (χ3n) is 3.55. The molecule has 122 valence electrons. The first kappa shape index (κ1) is 16.7. The first-order chi connectivity index (χ1) is 11.5. The van der Waals surface area contributed by atoms with Crippen LogP contribution in [0.25, 0.3) is 0 Å². The van der Waals surface area contributed by atoms with Crippen molar-refractivity contribution in [2.75, 3.05) is 5.32 Å². The predicted octanol–water partition coefficient (Wildman–Crippen LogP) is 4.87. The maximum Gasteiger partial charge on any atom is 0.260 e. The molecule has 1 N–H and O–H groups in total. The highest BCUT2D eigenvalue weighted by Gasteiger charge is 2.15. The summed E-state index contributed by atoms with van der Waals surface area (Å²) >= 11 is 2.95. The van der Waals surface area contributed by atoms with E-state index in [0.29, 0.717) is 15.7 Å². The summed E-state index contributed by atoms with van der Waals surface area (Å²) in [5, 5.41) is 4.13. The van der Waals surface area contributed by atoms with Crippen LogP contribution < -0.4 is 5.32 Å². The van der Waals surface area contributed by atoms with Gasteiger partial charge in [-0.25, -0.2) is 9.97 Å². The number of aromatic nitrogens is 2. The highest BCUT2D eigenvalue weighted by Crippen LogP contribution is 2.30. The Morgan fingerprint density at radius 3 is 2.67 bits per heavy atom. The molecule has 3 aromatic rings. The van der Waals surface area contributed by atoms with Crippen LogP contribution in [0.2, 0.25) is 0 Å². The van der Waals surface area contributed by atoms with Crippen molar-refractivity contribution < 1.29 is 4.79 Å². The average molecular weight is 355 g/mol. The topological polar surface area (TPSA) is 54.9 Å². The molecule has 2 heterocycles. The van der Waals surface area contributed by atoms with E-state index in [-0.39, 0.29) is 5.91 Å². The van der Waals surface area contributed by atoms with Crippen molar-refractivity contribution in [2.24, 2.45) is 0 Å². The van der Waals surface area contributed by atoms with Gasteiger partial charge in [0.2, 0.25) is 0 Å². The van der Waals surface area contributed by atoms with E-state index in [2.05, 4.69) is 41.3 Å². The number of rotatable bonds is 4. The molecule has 0 aliphatic carbocycles. The Morgan fingerprint density at radius 2 is 1.96 bits per heavy atom. The zero-order valence-electron chi connectivity index (χ0n) is 13.7. The van der Waals surface area contributed by atoms with Crippen molar-refractivity contribution in [3.8, 4) is 0 Å². The first-order valence-corrected chi connectivity index (χ1v) is 9.10. The van der Waals surface area contributed by atoms with Gasteiger partial charge in [-0.05, 0) is 56.2 Å².